The summed E-state index contributed by atoms with van der Waals surface area (Å²) >= 11 is 0. The average Bonchev–Trinajstić information content (AvgIpc) is 2.52. The highest BCUT2D eigenvalue weighted by Crippen LogP contribution is 2.29. The summed E-state index contributed by atoms with van der Waals surface area (Å²) in [5.74, 6) is 0.0382. The van der Waals surface area contributed by atoms with E-state index in [-0.39, 0.29) is 35.3 Å². The SMILES string of the molecule is CCC(CC)(CN)NS(=O)(=O)c1cc([N+](=O)[O-])ccc1OC.Cl. The van der Waals surface area contributed by atoms with Gasteiger partial charge in [-0.1, -0.05) is 13.8 Å². The van der Waals surface area contributed by atoms with Gasteiger partial charge < -0.3 is 10.5 Å². The fourth-order valence-electron chi connectivity index (χ4n) is 2.05. The summed E-state index contributed by atoms with van der Waals surface area (Å²) in [7, 11) is -2.71. The van der Waals surface area contributed by atoms with Crippen molar-refractivity contribution in [3.05, 3.63) is 28.3 Å². The van der Waals surface area contributed by atoms with Gasteiger partial charge in [0.1, 0.15) is 10.6 Å². The lowest BCUT2D eigenvalue weighted by atomic mass is 9.95. The van der Waals surface area contributed by atoms with Crippen LogP contribution in [-0.4, -0.2) is 32.5 Å². The molecule has 0 unspecified atom stereocenters. The van der Waals surface area contributed by atoms with Crippen LogP contribution in [0.1, 0.15) is 26.7 Å². The van der Waals surface area contributed by atoms with Crippen molar-refractivity contribution >= 4 is 28.1 Å². The Labute approximate surface area is 142 Å². The van der Waals surface area contributed by atoms with E-state index in [0.717, 1.165) is 6.07 Å². The third kappa shape index (κ3) is 4.77. The van der Waals surface area contributed by atoms with Crippen LogP contribution < -0.4 is 15.2 Å². The van der Waals surface area contributed by atoms with Gasteiger partial charge in [-0.25, -0.2) is 13.1 Å². The summed E-state index contributed by atoms with van der Waals surface area (Å²) in [4.78, 5) is 9.93. The van der Waals surface area contributed by atoms with Crippen LogP contribution in [0.15, 0.2) is 23.1 Å². The van der Waals surface area contributed by atoms with Crippen LogP contribution in [0.4, 0.5) is 5.69 Å². The van der Waals surface area contributed by atoms with Crippen molar-refractivity contribution in [3.8, 4) is 5.75 Å². The van der Waals surface area contributed by atoms with Gasteiger partial charge in [0.2, 0.25) is 10.0 Å². The quantitative estimate of drug-likeness (QED) is 0.533. The second-order valence-corrected chi connectivity index (χ2v) is 6.54. The van der Waals surface area contributed by atoms with Crippen LogP contribution in [0.3, 0.4) is 0 Å². The van der Waals surface area contributed by atoms with Crippen LogP contribution in [0, 0.1) is 10.1 Å². The lowest BCUT2D eigenvalue weighted by molar-refractivity contribution is -0.385. The molecule has 0 spiro atoms. The zero-order valence-electron chi connectivity index (χ0n) is 13.2. The molecule has 1 aromatic carbocycles. The number of benzene rings is 1. The molecule has 23 heavy (non-hydrogen) atoms. The number of nitrogens with one attached hydrogen (secondary N) is 1. The maximum Gasteiger partial charge on any atom is 0.271 e. The highest BCUT2D eigenvalue weighted by atomic mass is 35.5. The third-order valence-electron chi connectivity index (χ3n) is 3.74. The smallest absolute Gasteiger partial charge is 0.271 e. The molecule has 8 nitrogen and oxygen atoms in total. The van der Waals surface area contributed by atoms with E-state index in [9.17, 15) is 18.5 Å². The predicted molar refractivity (Wildman–Crippen MR) is 89.6 cm³/mol. The van der Waals surface area contributed by atoms with E-state index in [1.165, 1.54) is 19.2 Å². The van der Waals surface area contributed by atoms with E-state index in [4.69, 9.17) is 10.5 Å². The number of nitrogens with two attached hydrogens (primary N) is 1. The van der Waals surface area contributed by atoms with Crippen LogP contribution in [0.5, 0.6) is 5.75 Å². The Hall–Kier alpha value is -1.42. The van der Waals surface area contributed by atoms with E-state index in [1.54, 1.807) is 0 Å². The minimum atomic E-state index is -4.01. The first-order valence-corrected chi connectivity index (χ1v) is 8.30. The molecule has 0 amide bonds. The second kappa shape index (κ2) is 8.44. The van der Waals surface area contributed by atoms with Gasteiger partial charge in [-0.05, 0) is 18.9 Å². The number of methoxy groups -OCH3 is 1. The highest BCUT2D eigenvalue weighted by molar-refractivity contribution is 7.89. The minimum absolute atomic E-state index is 0. The van der Waals surface area contributed by atoms with Crippen LogP contribution in [0.25, 0.3) is 0 Å². The first-order valence-electron chi connectivity index (χ1n) is 6.81. The second-order valence-electron chi connectivity index (χ2n) is 4.89. The number of nitrogens with zero attached hydrogens (tertiary/aromatic N) is 1. The Morgan fingerprint density at radius 1 is 1.35 bits per heavy atom. The van der Waals surface area contributed by atoms with Crippen molar-refractivity contribution in [2.24, 2.45) is 5.73 Å². The van der Waals surface area contributed by atoms with Crippen molar-refractivity contribution in [3.63, 3.8) is 0 Å². The lowest BCUT2D eigenvalue weighted by Crippen LogP contribution is -2.52. The summed E-state index contributed by atoms with van der Waals surface area (Å²) in [5.41, 5.74) is 4.57. The molecule has 0 aliphatic carbocycles. The maximum absolute atomic E-state index is 12.6. The van der Waals surface area contributed by atoms with E-state index >= 15 is 0 Å². The summed E-state index contributed by atoms with van der Waals surface area (Å²) in [6.07, 6.45) is 0.993. The molecule has 10 heteroatoms. The molecular weight excluding hydrogens is 346 g/mol. The molecule has 132 valence electrons. The largest absolute Gasteiger partial charge is 0.495 e. The fourth-order valence-corrected chi connectivity index (χ4v) is 3.80. The first-order chi connectivity index (χ1) is 10.2. The molecule has 1 aromatic rings. The monoisotopic (exact) mass is 367 g/mol. The molecule has 0 aliphatic heterocycles. The first kappa shape index (κ1) is 21.6. The molecule has 1 rings (SSSR count). The standard InChI is InChI=1S/C13H21N3O5S.ClH/c1-4-13(5-2,9-14)15-22(19,20)12-8-10(16(17)18)6-7-11(12)21-3;/h6-8,15H,4-5,9,14H2,1-3H3;1H. The van der Waals surface area contributed by atoms with Crippen molar-refractivity contribution in [1.82, 2.24) is 4.72 Å². The van der Waals surface area contributed by atoms with E-state index in [2.05, 4.69) is 4.72 Å². The number of sulfonamides is 1. The molecule has 0 saturated carbocycles. The molecule has 0 fully saturated rings. The van der Waals surface area contributed by atoms with Gasteiger partial charge in [-0.3, -0.25) is 10.1 Å². The number of ether oxygens (including phenoxy) is 1. The van der Waals surface area contributed by atoms with Crippen molar-refractivity contribution < 1.29 is 18.1 Å². The summed E-state index contributed by atoms with van der Waals surface area (Å²) in [6, 6.07) is 3.43. The number of nitro benzene ring substituents is 1. The molecule has 0 bridgehead atoms. The van der Waals surface area contributed by atoms with E-state index in [1.807, 2.05) is 13.8 Å². The number of rotatable bonds is 8. The van der Waals surface area contributed by atoms with Gasteiger partial charge >= 0.3 is 0 Å². The van der Waals surface area contributed by atoms with Crippen LogP contribution in [0.2, 0.25) is 0 Å². The van der Waals surface area contributed by atoms with Crippen molar-refractivity contribution in [2.45, 2.75) is 37.1 Å². The number of halogens is 1. The summed E-state index contributed by atoms with van der Waals surface area (Å²) in [5, 5.41) is 10.9. The molecule has 0 atom stereocenters. The molecule has 0 aromatic heterocycles. The van der Waals surface area contributed by atoms with Gasteiger partial charge in [0.05, 0.1) is 12.0 Å². The Balaban J connectivity index is 0.00000484. The number of non-ortho nitro benzene ring substituents is 1. The topological polar surface area (TPSA) is 125 Å². The molecule has 3 N–H and O–H groups in total. The molecular formula is C13H22ClN3O5S. The molecule has 0 heterocycles. The normalized spacial score (nSPS) is 11.7. The number of hydrogen-bond donors (Lipinski definition) is 2. The average molecular weight is 368 g/mol. The highest BCUT2D eigenvalue weighted by Gasteiger charge is 2.33. The third-order valence-corrected chi connectivity index (χ3v) is 5.34. The van der Waals surface area contributed by atoms with Gasteiger partial charge in [0.25, 0.3) is 5.69 Å². The van der Waals surface area contributed by atoms with Gasteiger partial charge in [-0.2, -0.15) is 0 Å². The Kier molecular flexibility index (Phi) is 7.92. The van der Waals surface area contributed by atoms with Crippen LogP contribution >= 0.6 is 12.4 Å². The predicted octanol–water partition coefficient (Wildman–Crippen LogP) is 1.82. The van der Waals surface area contributed by atoms with Gasteiger partial charge in [0.15, 0.2) is 0 Å². The molecule has 0 radical (unpaired) electrons. The molecule has 0 saturated heterocycles. The van der Waals surface area contributed by atoms with E-state index in [0.29, 0.717) is 12.8 Å². The van der Waals surface area contributed by atoms with Gasteiger partial charge in [0, 0.05) is 24.2 Å². The zero-order valence-corrected chi connectivity index (χ0v) is 14.9. The van der Waals surface area contributed by atoms with E-state index < -0.39 is 20.5 Å². The summed E-state index contributed by atoms with van der Waals surface area (Å²) in [6.45, 7) is 3.77. The molecule has 0 aliphatic rings. The zero-order chi connectivity index (χ0) is 17.0. The fraction of sp³-hybridized carbons (Fsp3) is 0.538. The minimum Gasteiger partial charge on any atom is -0.495 e. The van der Waals surface area contributed by atoms with Gasteiger partial charge in [-0.15, -0.1) is 12.4 Å². The Bertz CT molecular complexity index is 639. The number of nitro groups is 1. The van der Waals surface area contributed by atoms with Crippen molar-refractivity contribution in [2.75, 3.05) is 13.7 Å². The maximum atomic E-state index is 12.6. The Morgan fingerprint density at radius 2 is 1.91 bits per heavy atom. The van der Waals surface area contributed by atoms with Crippen molar-refractivity contribution in [1.29, 1.82) is 0 Å². The Morgan fingerprint density at radius 3 is 2.30 bits per heavy atom. The number of hydrogen-bond acceptors (Lipinski definition) is 6. The van der Waals surface area contributed by atoms with Crippen LogP contribution in [-0.2, 0) is 10.0 Å². The summed E-state index contributed by atoms with van der Waals surface area (Å²) < 4.78 is 32.8. The lowest BCUT2D eigenvalue weighted by Gasteiger charge is -2.31.